The van der Waals surface area contributed by atoms with Crippen molar-refractivity contribution in [1.29, 1.82) is 0 Å². The summed E-state index contributed by atoms with van der Waals surface area (Å²) in [5.41, 5.74) is 3.51. The summed E-state index contributed by atoms with van der Waals surface area (Å²) < 4.78 is 2.21. The Labute approximate surface area is 221 Å². The molecule has 0 saturated heterocycles. The number of Topliss-reactive ketones (excluding diaryl/α,β-unsaturated/α-hetero) is 1. The Morgan fingerprint density at radius 3 is 2.43 bits per heavy atom. The highest BCUT2D eigenvalue weighted by atomic mass is 33.1. The lowest BCUT2D eigenvalue weighted by molar-refractivity contribution is -0.124. The highest BCUT2D eigenvalue weighted by Gasteiger charge is 2.23. The average molecular weight is 527 g/mol. The number of hydrogen-bond acceptors (Lipinski definition) is 6. The summed E-state index contributed by atoms with van der Waals surface area (Å²) in [6, 6.07) is 15.5. The molecule has 5 nitrogen and oxygen atoms in total. The van der Waals surface area contributed by atoms with Crippen LogP contribution in [0, 0.1) is 11.8 Å². The molecule has 0 fully saturated rings. The van der Waals surface area contributed by atoms with Gasteiger partial charge in [0, 0.05) is 47.3 Å². The third-order valence-electron chi connectivity index (χ3n) is 5.62. The third kappa shape index (κ3) is 8.38. The van der Waals surface area contributed by atoms with Gasteiger partial charge in [-0.3, -0.25) is 14.4 Å². The van der Waals surface area contributed by atoms with E-state index in [-0.39, 0.29) is 35.2 Å². The number of rotatable bonds is 11. The minimum Gasteiger partial charge on any atom is -0.307 e. The number of amides is 2. The van der Waals surface area contributed by atoms with Crippen LogP contribution < -0.4 is 9.62 Å². The van der Waals surface area contributed by atoms with Gasteiger partial charge in [-0.25, -0.2) is 0 Å². The van der Waals surface area contributed by atoms with Crippen molar-refractivity contribution < 1.29 is 14.4 Å². The minimum atomic E-state index is -0.105. The summed E-state index contributed by atoms with van der Waals surface area (Å²) in [5.74, 6) is 7.02. The van der Waals surface area contributed by atoms with Crippen molar-refractivity contribution in [3.05, 3.63) is 65.2 Å². The summed E-state index contributed by atoms with van der Waals surface area (Å²) in [6.45, 7) is 4.62. The van der Waals surface area contributed by atoms with E-state index in [4.69, 9.17) is 0 Å². The molecule has 0 bridgehead atoms. The second kappa shape index (κ2) is 13.1. The maximum absolute atomic E-state index is 13.3. The fraction of sp³-hybridized carbons (Fsp3) is 0.370. The molecule has 1 aliphatic rings. The van der Waals surface area contributed by atoms with Gasteiger partial charge in [0.05, 0.1) is 12.2 Å². The van der Waals surface area contributed by atoms with Crippen LogP contribution in [0.1, 0.15) is 62.6 Å². The molecule has 184 valence electrons. The predicted octanol–water partition coefficient (Wildman–Crippen LogP) is 5.57. The molecule has 1 N–H and O–H groups in total. The van der Waals surface area contributed by atoms with E-state index in [0.29, 0.717) is 31.6 Å². The van der Waals surface area contributed by atoms with Gasteiger partial charge in [-0.05, 0) is 44.0 Å². The van der Waals surface area contributed by atoms with Crippen LogP contribution in [0.25, 0.3) is 0 Å². The van der Waals surface area contributed by atoms with E-state index < -0.39 is 0 Å². The zero-order chi connectivity index (χ0) is 25.3. The Hall–Kier alpha value is -2.34. The lowest BCUT2D eigenvalue weighted by atomic mass is 10.0. The van der Waals surface area contributed by atoms with Gasteiger partial charge in [0.25, 0.3) is 0 Å². The van der Waals surface area contributed by atoms with E-state index in [2.05, 4.69) is 43.2 Å². The number of carbonyl (C=O) groups excluding carboxylic acids is 3. The summed E-state index contributed by atoms with van der Waals surface area (Å²) in [4.78, 5) is 38.9. The number of fused-ring (bicyclic) bond motifs is 2. The summed E-state index contributed by atoms with van der Waals surface area (Å²) in [6.07, 6.45) is 1.94. The van der Waals surface area contributed by atoms with Crippen molar-refractivity contribution in [1.82, 2.24) is 4.72 Å². The molecular weight excluding hydrogens is 497 g/mol. The normalized spacial score (nSPS) is 12.4. The van der Waals surface area contributed by atoms with Crippen LogP contribution >= 0.6 is 34.4 Å². The second-order valence-corrected chi connectivity index (χ2v) is 12.2. The molecule has 0 unspecified atom stereocenters. The lowest BCUT2D eigenvalue weighted by Gasteiger charge is -2.26. The molecular formula is C27H30N2O3S3. The van der Waals surface area contributed by atoms with Crippen LogP contribution in [0.3, 0.4) is 0 Å². The van der Waals surface area contributed by atoms with Crippen molar-refractivity contribution in [2.24, 2.45) is 0 Å². The van der Waals surface area contributed by atoms with Crippen molar-refractivity contribution in [2.75, 3.05) is 10.7 Å². The van der Waals surface area contributed by atoms with Gasteiger partial charge in [0.1, 0.15) is 5.78 Å². The van der Waals surface area contributed by atoms with Crippen LogP contribution in [0.4, 0.5) is 5.69 Å². The molecule has 2 aromatic rings. The van der Waals surface area contributed by atoms with E-state index >= 15 is 0 Å². The summed E-state index contributed by atoms with van der Waals surface area (Å²) in [5, 5.41) is 0. The van der Waals surface area contributed by atoms with Gasteiger partial charge in [-0.2, -0.15) is 0 Å². The molecule has 0 saturated carbocycles. The topological polar surface area (TPSA) is 66.5 Å². The maximum atomic E-state index is 13.3. The fourth-order valence-electron chi connectivity index (χ4n) is 3.59. The Bertz CT molecular complexity index is 1140. The number of nitrogens with zero attached hydrogens (tertiary/aromatic N) is 1. The highest BCUT2D eigenvalue weighted by molar-refractivity contribution is 8.77. The fourth-order valence-corrected chi connectivity index (χ4v) is 6.26. The molecule has 35 heavy (non-hydrogen) atoms. The Kier molecular flexibility index (Phi) is 10.2. The number of nitrogens with one attached hydrogen (secondary N) is 1. The number of anilines is 1. The van der Waals surface area contributed by atoms with E-state index in [1.165, 1.54) is 0 Å². The van der Waals surface area contributed by atoms with Gasteiger partial charge < -0.3 is 9.62 Å². The van der Waals surface area contributed by atoms with Crippen LogP contribution in [-0.4, -0.2) is 28.1 Å². The van der Waals surface area contributed by atoms with Crippen molar-refractivity contribution >= 4 is 57.7 Å². The van der Waals surface area contributed by atoms with Crippen molar-refractivity contribution in [3.63, 3.8) is 0 Å². The third-order valence-corrected chi connectivity index (χ3v) is 9.22. The molecule has 3 rings (SSSR count). The number of hydrogen-bond donors (Lipinski definition) is 2. The van der Waals surface area contributed by atoms with Crippen LogP contribution in [0.5, 0.6) is 0 Å². The first-order valence-electron chi connectivity index (χ1n) is 11.5. The Morgan fingerprint density at radius 1 is 0.971 bits per heavy atom. The van der Waals surface area contributed by atoms with Crippen LogP contribution in [0.15, 0.2) is 48.5 Å². The zero-order valence-electron chi connectivity index (χ0n) is 20.0. The number of benzene rings is 2. The second-order valence-electron chi connectivity index (χ2n) is 8.89. The molecule has 8 heteroatoms. The first-order chi connectivity index (χ1) is 16.8. The predicted molar refractivity (Wildman–Crippen MR) is 149 cm³/mol. The van der Waals surface area contributed by atoms with Crippen LogP contribution in [-0.2, 0) is 20.9 Å². The van der Waals surface area contributed by atoms with Gasteiger partial charge in [0.2, 0.25) is 11.8 Å². The monoisotopic (exact) mass is 526 g/mol. The van der Waals surface area contributed by atoms with Crippen LogP contribution in [0.2, 0.25) is 0 Å². The van der Waals surface area contributed by atoms with Crippen molar-refractivity contribution in [2.45, 2.75) is 57.2 Å². The minimum absolute atomic E-state index is 0.0732. The average Bonchev–Trinajstić information content (AvgIpc) is 2.85. The highest BCUT2D eigenvalue weighted by Crippen LogP contribution is 2.39. The maximum Gasteiger partial charge on any atom is 0.230 e. The van der Waals surface area contributed by atoms with E-state index in [0.717, 1.165) is 22.4 Å². The van der Waals surface area contributed by atoms with Gasteiger partial charge in [-0.15, -0.1) is 0 Å². The number of para-hydroxylation sites is 1. The lowest BCUT2D eigenvalue weighted by Crippen LogP contribution is -2.32. The largest absolute Gasteiger partial charge is 0.307 e. The molecule has 0 aliphatic carbocycles. The standard InChI is InChI=1S/C27H30N2O3S3/c1-27(2,35-34-18-16-25(31)28-33)17-15-23(30)13-14-26(32)29-19-22-9-4-3-7-20(22)11-12-21-8-5-6-10-24(21)29/h3-10,33H,13-19H2,1-2H3,(H,28,31). The Balaban J connectivity index is 1.55. The molecule has 1 heterocycles. The van der Waals surface area contributed by atoms with Crippen molar-refractivity contribution in [3.8, 4) is 11.8 Å². The molecule has 2 amide bonds. The number of carbonyl (C=O) groups is 3. The van der Waals surface area contributed by atoms with E-state index in [1.807, 2.05) is 48.5 Å². The van der Waals surface area contributed by atoms with E-state index in [9.17, 15) is 14.4 Å². The molecule has 2 aromatic carbocycles. The molecule has 0 radical (unpaired) electrons. The number of ketones is 1. The summed E-state index contributed by atoms with van der Waals surface area (Å²) >= 11 is 3.75. The van der Waals surface area contributed by atoms with E-state index in [1.54, 1.807) is 26.5 Å². The quantitative estimate of drug-likeness (QED) is 0.173. The van der Waals surface area contributed by atoms with Gasteiger partial charge >= 0.3 is 0 Å². The SMILES string of the molecule is CC(C)(CCC(=O)CCC(=O)N1Cc2ccccc2C#Cc2ccccc21)SSCCC(=O)NS. The van der Waals surface area contributed by atoms with Gasteiger partial charge in [-0.1, -0.05) is 76.6 Å². The first-order valence-corrected chi connectivity index (χ1v) is 14.3. The zero-order valence-corrected chi connectivity index (χ0v) is 22.5. The Morgan fingerprint density at radius 2 is 1.66 bits per heavy atom. The molecule has 0 aromatic heterocycles. The number of thiol groups is 1. The first kappa shape index (κ1) is 27.3. The molecule has 0 atom stereocenters. The smallest absolute Gasteiger partial charge is 0.230 e. The molecule has 0 spiro atoms. The molecule has 1 aliphatic heterocycles. The summed E-state index contributed by atoms with van der Waals surface area (Å²) in [7, 11) is 3.30. The van der Waals surface area contributed by atoms with Gasteiger partial charge in [0.15, 0.2) is 0 Å².